The molecule has 1 rings (SSSR count). The van der Waals surface area contributed by atoms with Gasteiger partial charge in [-0.2, -0.15) is 13.2 Å². The molecule has 0 radical (unpaired) electrons. The molecule has 1 aromatic rings. The Hall–Kier alpha value is -1.04. The summed E-state index contributed by atoms with van der Waals surface area (Å²) in [6, 6.07) is 0.831. The van der Waals surface area contributed by atoms with Crippen molar-refractivity contribution in [3.8, 4) is 0 Å². The predicted molar refractivity (Wildman–Crippen MR) is 50.0 cm³/mol. The number of alkyl halides is 3. The first-order valence-electron chi connectivity index (χ1n) is 4.21. The van der Waals surface area contributed by atoms with Crippen LogP contribution < -0.4 is 0 Å². The van der Waals surface area contributed by atoms with Gasteiger partial charge < -0.3 is 4.74 Å². The molecule has 1 heterocycles. The summed E-state index contributed by atoms with van der Waals surface area (Å²) in [4.78, 5) is 10.8. The summed E-state index contributed by atoms with van der Waals surface area (Å²) in [6.07, 6.45) is -4.40. The lowest BCUT2D eigenvalue weighted by Gasteiger charge is -2.00. The van der Waals surface area contributed by atoms with Gasteiger partial charge in [-0.05, 0) is 19.9 Å². The molecule has 0 unspecified atom stereocenters. The van der Waals surface area contributed by atoms with E-state index in [0.717, 1.165) is 6.07 Å². The normalized spacial score (nSPS) is 11.5. The third-order valence-electron chi connectivity index (χ3n) is 1.69. The molecule has 1 aromatic heterocycles. The predicted octanol–water partition coefficient (Wildman–Crippen LogP) is 3.25. The number of hydrogen-bond donors (Lipinski definition) is 0. The Morgan fingerprint density at radius 3 is 2.53 bits per heavy atom. The van der Waals surface area contributed by atoms with Gasteiger partial charge in [0.25, 0.3) is 0 Å². The fourth-order valence-electron chi connectivity index (χ4n) is 1.03. The van der Waals surface area contributed by atoms with E-state index in [4.69, 9.17) is 0 Å². The monoisotopic (exact) mass is 238 g/mol. The Labute approximate surface area is 88.7 Å². The quantitative estimate of drug-likeness (QED) is 0.739. The number of carbonyl (C=O) groups is 1. The van der Waals surface area contributed by atoms with Crippen LogP contribution in [-0.4, -0.2) is 12.6 Å². The fourth-order valence-corrected chi connectivity index (χ4v) is 1.91. The van der Waals surface area contributed by atoms with Crippen LogP contribution >= 0.6 is 11.3 Å². The maximum Gasteiger partial charge on any atom is 0.425 e. The second-order valence-electron chi connectivity index (χ2n) is 2.80. The van der Waals surface area contributed by atoms with Gasteiger partial charge in [0, 0.05) is 4.88 Å². The molecule has 0 aliphatic rings. The van der Waals surface area contributed by atoms with Crippen molar-refractivity contribution in [2.45, 2.75) is 20.0 Å². The Balaban J connectivity index is 3.02. The van der Waals surface area contributed by atoms with Crippen molar-refractivity contribution in [3.05, 3.63) is 21.4 Å². The van der Waals surface area contributed by atoms with Gasteiger partial charge in [0.15, 0.2) is 0 Å². The second kappa shape index (κ2) is 4.22. The molecule has 0 atom stereocenters. The third kappa shape index (κ3) is 2.71. The molecule has 0 aliphatic heterocycles. The van der Waals surface area contributed by atoms with Crippen molar-refractivity contribution in [2.75, 3.05) is 6.61 Å². The lowest BCUT2D eigenvalue weighted by atomic mass is 10.2. The highest BCUT2D eigenvalue weighted by Crippen LogP contribution is 2.36. The number of hydrogen-bond acceptors (Lipinski definition) is 3. The molecule has 15 heavy (non-hydrogen) atoms. The number of carbonyl (C=O) groups excluding carboxylic acids is 1. The van der Waals surface area contributed by atoms with Crippen molar-refractivity contribution in [1.82, 2.24) is 0 Å². The lowest BCUT2D eigenvalue weighted by Crippen LogP contribution is -2.05. The minimum atomic E-state index is -4.40. The van der Waals surface area contributed by atoms with Gasteiger partial charge in [-0.15, -0.1) is 11.3 Å². The summed E-state index contributed by atoms with van der Waals surface area (Å²) < 4.78 is 41.5. The minimum Gasteiger partial charge on any atom is -0.462 e. The summed E-state index contributed by atoms with van der Waals surface area (Å²) >= 11 is 0.550. The maximum absolute atomic E-state index is 12.3. The first-order chi connectivity index (χ1) is 6.86. The molecular formula is C9H9F3O2S. The molecule has 0 bridgehead atoms. The number of rotatable bonds is 2. The van der Waals surface area contributed by atoms with Crippen LogP contribution in [0.25, 0.3) is 0 Å². The molecule has 0 spiro atoms. The van der Waals surface area contributed by atoms with Gasteiger partial charge in [-0.3, -0.25) is 0 Å². The van der Waals surface area contributed by atoms with Crippen LogP contribution in [0.4, 0.5) is 13.2 Å². The Bertz CT molecular complexity index is 368. The van der Waals surface area contributed by atoms with Crippen molar-refractivity contribution in [1.29, 1.82) is 0 Å². The summed E-state index contributed by atoms with van der Waals surface area (Å²) in [7, 11) is 0. The first-order valence-corrected chi connectivity index (χ1v) is 5.02. The molecule has 0 N–H and O–H groups in total. The summed E-state index contributed by atoms with van der Waals surface area (Å²) in [6.45, 7) is 3.21. The highest BCUT2D eigenvalue weighted by atomic mass is 32.1. The van der Waals surface area contributed by atoms with Crippen molar-refractivity contribution in [2.24, 2.45) is 0 Å². The zero-order chi connectivity index (χ0) is 11.6. The van der Waals surface area contributed by atoms with Crippen LogP contribution in [0, 0.1) is 6.92 Å². The number of esters is 1. The van der Waals surface area contributed by atoms with Crippen molar-refractivity contribution < 1.29 is 22.7 Å². The van der Waals surface area contributed by atoms with Crippen LogP contribution in [0.15, 0.2) is 6.07 Å². The topological polar surface area (TPSA) is 26.3 Å². The van der Waals surface area contributed by atoms with E-state index in [9.17, 15) is 18.0 Å². The van der Waals surface area contributed by atoms with Gasteiger partial charge in [0.1, 0.15) is 4.88 Å². The highest BCUT2D eigenvalue weighted by Gasteiger charge is 2.34. The number of thiophene rings is 1. The molecule has 0 amide bonds. The van der Waals surface area contributed by atoms with E-state index in [1.165, 1.54) is 6.92 Å². The van der Waals surface area contributed by atoms with E-state index in [0.29, 0.717) is 16.2 Å². The van der Waals surface area contributed by atoms with E-state index in [2.05, 4.69) is 4.74 Å². The fraction of sp³-hybridized carbons (Fsp3) is 0.444. The highest BCUT2D eigenvalue weighted by molar-refractivity contribution is 7.12. The molecule has 0 fully saturated rings. The third-order valence-corrected chi connectivity index (χ3v) is 2.79. The zero-order valence-corrected chi connectivity index (χ0v) is 8.96. The molecular weight excluding hydrogens is 229 g/mol. The molecule has 0 saturated heterocycles. The molecule has 0 aliphatic carbocycles. The van der Waals surface area contributed by atoms with E-state index in [1.807, 2.05) is 0 Å². The van der Waals surface area contributed by atoms with Crippen molar-refractivity contribution >= 4 is 17.3 Å². The smallest absolute Gasteiger partial charge is 0.425 e. The first kappa shape index (κ1) is 12.0. The minimum absolute atomic E-state index is 0.00539. The maximum atomic E-state index is 12.3. The van der Waals surface area contributed by atoms with Crippen LogP contribution in [-0.2, 0) is 10.9 Å². The van der Waals surface area contributed by atoms with Crippen LogP contribution in [0.3, 0.4) is 0 Å². The Morgan fingerprint density at radius 2 is 2.13 bits per heavy atom. The lowest BCUT2D eigenvalue weighted by molar-refractivity contribution is -0.134. The SMILES string of the molecule is CCOC(=O)c1cc(C(F)(F)F)sc1C. The Kier molecular flexibility index (Phi) is 3.38. The molecule has 84 valence electrons. The van der Waals surface area contributed by atoms with Gasteiger partial charge in [-0.1, -0.05) is 0 Å². The average Bonchev–Trinajstić information content (AvgIpc) is 2.47. The Morgan fingerprint density at radius 1 is 1.53 bits per heavy atom. The van der Waals surface area contributed by atoms with Gasteiger partial charge >= 0.3 is 12.1 Å². The van der Waals surface area contributed by atoms with Gasteiger partial charge in [-0.25, -0.2) is 4.79 Å². The van der Waals surface area contributed by atoms with Crippen LogP contribution in [0.1, 0.15) is 27.0 Å². The molecule has 0 saturated carbocycles. The van der Waals surface area contributed by atoms with E-state index in [1.54, 1.807) is 6.92 Å². The largest absolute Gasteiger partial charge is 0.462 e. The van der Waals surface area contributed by atoms with E-state index in [-0.39, 0.29) is 12.2 Å². The van der Waals surface area contributed by atoms with Crippen molar-refractivity contribution in [3.63, 3.8) is 0 Å². The van der Waals surface area contributed by atoms with E-state index < -0.39 is 17.0 Å². The van der Waals surface area contributed by atoms with E-state index >= 15 is 0 Å². The van der Waals surface area contributed by atoms with Gasteiger partial charge in [0.05, 0.1) is 12.2 Å². The van der Waals surface area contributed by atoms with Crippen LogP contribution in [0.2, 0.25) is 0 Å². The van der Waals surface area contributed by atoms with Crippen LogP contribution in [0.5, 0.6) is 0 Å². The number of aryl methyl sites for hydroxylation is 1. The molecule has 0 aromatic carbocycles. The van der Waals surface area contributed by atoms with Gasteiger partial charge in [0.2, 0.25) is 0 Å². The number of halogens is 3. The summed E-state index contributed by atoms with van der Waals surface area (Å²) in [5.74, 6) is -0.707. The standard InChI is InChI=1S/C9H9F3O2S/c1-3-14-8(13)6-4-7(9(10,11)12)15-5(6)2/h4H,3H2,1-2H3. The summed E-state index contributed by atoms with van der Waals surface area (Å²) in [5, 5.41) is 0. The zero-order valence-electron chi connectivity index (χ0n) is 8.14. The second-order valence-corrected chi connectivity index (χ2v) is 4.06. The summed E-state index contributed by atoms with van der Waals surface area (Å²) in [5.41, 5.74) is -0.00539. The molecule has 2 nitrogen and oxygen atoms in total. The number of ether oxygens (including phenoxy) is 1. The molecule has 6 heteroatoms. The average molecular weight is 238 g/mol.